The van der Waals surface area contributed by atoms with Crippen LogP contribution in [0.5, 0.6) is 0 Å². The summed E-state index contributed by atoms with van der Waals surface area (Å²) in [7, 11) is 0. The molecule has 1 aliphatic heterocycles. The van der Waals surface area contributed by atoms with Crippen LogP contribution in [0, 0.1) is 0 Å². The normalized spacial score (nSPS) is 48.9. The molecule has 1 aliphatic rings. The average Bonchev–Trinajstić information content (AvgIpc) is 2.11. The molecule has 14 heavy (non-hydrogen) atoms. The zero-order valence-corrected chi connectivity index (χ0v) is 7.70. The minimum Gasteiger partial charge on any atom is -0.478 e. The molecular weight excluding hydrogens is 216 g/mol. The van der Waals surface area contributed by atoms with Crippen LogP contribution in [-0.2, 0) is 9.53 Å². The molecule has 0 aromatic carbocycles. The lowest BCUT2D eigenvalue weighted by molar-refractivity contribution is -0.289. The molecule has 1 rings (SSSR count). The van der Waals surface area contributed by atoms with Gasteiger partial charge in [-0.05, 0) is 0 Å². The SMILES string of the molecule is O=C(O)C1(S)OC(O)C(O)C(O)C1O. The fraction of sp³-hybridized carbons (Fsp3) is 0.833. The second kappa shape index (κ2) is 3.65. The Morgan fingerprint density at radius 1 is 1.21 bits per heavy atom. The summed E-state index contributed by atoms with van der Waals surface area (Å²) in [5.74, 6) is -1.67. The summed E-state index contributed by atoms with van der Waals surface area (Å²) in [4.78, 5) is 8.19. The van der Waals surface area contributed by atoms with Gasteiger partial charge >= 0.3 is 5.97 Å². The van der Waals surface area contributed by atoms with E-state index in [2.05, 4.69) is 17.4 Å². The highest BCUT2D eigenvalue weighted by atomic mass is 32.1. The number of aliphatic hydroxyl groups is 4. The van der Waals surface area contributed by atoms with Gasteiger partial charge in [0.2, 0.25) is 4.93 Å². The Balaban J connectivity index is 2.96. The van der Waals surface area contributed by atoms with Gasteiger partial charge in [0.05, 0.1) is 0 Å². The summed E-state index contributed by atoms with van der Waals surface area (Å²) < 4.78 is 4.39. The van der Waals surface area contributed by atoms with Crippen molar-refractivity contribution in [2.24, 2.45) is 0 Å². The molecule has 0 radical (unpaired) electrons. The Bertz CT molecular complexity index is 246. The summed E-state index contributed by atoms with van der Waals surface area (Å²) in [6.45, 7) is 0. The standard InChI is InChI=1S/C6H10O7S/c7-1-2(8)4(10)13-6(14,3(1)9)5(11)12/h1-4,7-10,14H,(H,11,12). The molecule has 0 aliphatic carbocycles. The maximum absolute atomic E-state index is 10.6. The average molecular weight is 226 g/mol. The fourth-order valence-electron chi connectivity index (χ4n) is 1.09. The second-order valence-electron chi connectivity index (χ2n) is 2.94. The van der Waals surface area contributed by atoms with Crippen molar-refractivity contribution in [2.75, 3.05) is 0 Å². The van der Waals surface area contributed by atoms with Gasteiger partial charge in [0.15, 0.2) is 6.29 Å². The number of carboxylic acids is 1. The third-order valence-electron chi connectivity index (χ3n) is 1.97. The van der Waals surface area contributed by atoms with E-state index in [1.165, 1.54) is 0 Å². The topological polar surface area (TPSA) is 127 Å². The summed E-state index contributed by atoms with van der Waals surface area (Å²) in [5, 5.41) is 45.0. The van der Waals surface area contributed by atoms with Crippen molar-refractivity contribution >= 4 is 18.6 Å². The Morgan fingerprint density at radius 2 is 1.71 bits per heavy atom. The van der Waals surface area contributed by atoms with Crippen LogP contribution in [-0.4, -0.2) is 61.0 Å². The first-order valence-electron chi connectivity index (χ1n) is 3.66. The Kier molecular flexibility index (Phi) is 3.04. The van der Waals surface area contributed by atoms with E-state index in [0.717, 1.165) is 0 Å². The maximum atomic E-state index is 10.6. The van der Waals surface area contributed by atoms with Crippen LogP contribution in [0.25, 0.3) is 0 Å². The quantitative estimate of drug-likeness (QED) is 0.265. The summed E-state index contributed by atoms with van der Waals surface area (Å²) in [6, 6.07) is 0. The first kappa shape index (κ1) is 11.7. The minimum absolute atomic E-state index is 1.67. The minimum atomic E-state index is -2.43. The van der Waals surface area contributed by atoms with Gasteiger partial charge in [-0.3, -0.25) is 0 Å². The molecule has 8 heteroatoms. The van der Waals surface area contributed by atoms with Crippen molar-refractivity contribution in [3.05, 3.63) is 0 Å². The number of rotatable bonds is 1. The highest BCUT2D eigenvalue weighted by Crippen LogP contribution is 2.32. The van der Waals surface area contributed by atoms with Gasteiger partial charge in [-0.15, -0.1) is 12.6 Å². The Morgan fingerprint density at radius 3 is 2.14 bits per heavy atom. The van der Waals surface area contributed by atoms with E-state index in [1.807, 2.05) is 0 Å². The van der Waals surface area contributed by atoms with Crippen molar-refractivity contribution in [3.63, 3.8) is 0 Å². The van der Waals surface area contributed by atoms with E-state index in [1.54, 1.807) is 0 Å². The molecule has 7 nitrogen and oxygen atoms in total. The number of carboxylic acid groups (broad SMARTS) is 1. The Hall–Kier alpha value is -0.380. The van der Waals surface area contributed by atoms with E-state index >= 15 is 0 Å². The van der Waals surface area contributed by atoms with Crippen molar-refractivity contribution in [1.29, 1.82) is 0 Å². The van der Waals surface area contributed by atoms with E-state index in [-0.39, 0.29) is 0 Å². The smallest absolute Gasteiger partial charge is 0.349 e. The molecule has 5 atom stereocenters. The van der Waals surface area contributed by atoms with Crippen molar-refractivity contribution in [2.45, 2.75) is 29.5 Å². The highest BCUT2D eigenvalue weighted by molar-refractivity contribution is 7.82. The largest absolute Gasteiger partial charge is 0.478 e. The molecule has 0 saturated carbocycles. The number of aliphatic carboxylic acids is 1. The number of carbonyl (C=O) groups is 1. The van der Waals surface area contributed by atoms with E-state index in [9.17, 15) is 9.90 Å². The molecule has 0 amide bonds. The summed E-state index contributed by atoms with van der Waals surface area (Å²) >= 11 is 3.50. The van der Waals surface area contributed by atoms with Gasteiger partial charge in [0.1, 0.15) is 18.3 Å². The molecule has 82 valence electrons. The van der Waals surface area contributed by atoms with Gasteiger partial charge in [0.25, 0.3) is 0 Å². The van der Waals surface area contributed by atoms with Crippen LogP contribution in [0.2, 0.25) is 0 Å². The first-order valence-corrected chi connectivity index (χ1v) is 4.11. The number of hydrogen-bond acceptors (Lipinski definition) is 7. The molecule has 0 spiro atoms. The van der Waals surface area contributed by atoms with Crippen LogP contribution in [0.15, 0.2) is 0 Å². The van der Waals surface area contributed by atoms with Crippen molar-refractivity contribution < 1.29 is 35.1 Å². The first-order chi connectivity index (χ1) is 6.30. The molecule has 1 saturated heterocycles. The van der Waals surface area contributed by atoms with Crippen LogP contribution in [0.1, 0.15) is 0 Å². The zero-order valence-electron chi connectivity index (χ0n) is 6.81. The molecule has 0 bridgehead atoms. The second-order valence-corrected chi connectivity index (χ2v) is 3.60. The zero-order chi connectivity index (χ0) is 11.1. The lowest BCUT2D eigenvalue weighted by Crippen LogP contribution is -2.64. The van der Waals surface area contributed by atoms with Gasteiger partial charge in [-0.1, -0.05) is 0 Å². The van der Waals surface area contributed by atoms with E-state index in [4.69, 9.17) is 20.4 Å². The predicted octanol–water partition coefficient (Wildman–Crippen LogP) is -2.87. The van der Waals surface area contributed by atoms with Crippen LogP contribution in [0.4, 0.5) is 0 Å². The Labute approximate surface area is 84.0 Å². The molecular formula is C6H10O7S. The summed E-state index contributed by atoms with van der Waals surface area (Å²) in [6.07, 6.45) is -7.47. The van der Waals surface area contributed by atoms with E-state index in [0.29, 0.717) is 0 Å². The van der Waals surface area contributed by atoms with Crippen molar-refractivity contribution in [3.8, 4) is 0 Å². The third-order valence-corrected chi connectivity index (χ3v) is 2.53. The van der Waals surface area contributed by atoms with Gasteiger partial charge < -0.3 is 30.3 Å². The molecule has 1 fully saturated rings. The monoisotopic (exact) mass is 226 g/mol. The molecule has 1 heterocycles. The highest BCUT2D eigenvalue weighted by Gasteiger charge is 2.56. The van der Waals surface area contributed by atoms with Gasteiger partial charge in [0, 0.05) is 0 Å². The lowest BCUT2D eigenvalue weighted by Gasteiger charge is -2.41. The van der Waals surface area contributed by atoms with Gasteiger partial charge in [-0.2, -0.15) is 0 Å². The van der Waals surface area contributed by atoms with Gasteiger partial charge in [-0.25, -0.2) is 4.79 Å². The summed E-state index contributed by atoms with van der Waals surface area (Å²) in [5.41, 5.74) is 0. The molecule has 0 aromatic rings. The van der Waals surface area contributed by atoms with Crippen LogP contribution in [0.3, 0.4) is 0 Å². The van der Waals surface area contributed by atoms with Crippen LogP contribution < -0.4 is 0 Å². The molecule has 5 N–H and O–H groups in total. The van der Waals surface area contributed by atoms with E-state index < -0.39 is 35.5 Å². The predicted molar refractivity (Wildman–Crippen MR) is 44.5 cm³/mol. The van der Waals surface area contributed by atoms with Crippen molar-refractivity contribution in [1.82, 2.24) is 0 Å². The molecule has 5 unspecified atom stereocenters. The number of thiol groups is 1. The maximum Gasteiger partial charge on any atom is 0.349 e. The number of aliphatic hydroxyl groups excluding tert-OH is 4. The lowest BCUT2D eigenvalue weighted by atomic mass is 9.98. The molecule has 0 aromatic heterocycles. The number of ether oxygens (including phenoxy) is 1. The third kappa shape index (κ3) is 1.60. The van der Waals surface area contributed by atoms with Crippen LogP contribution >= 0.6 is 12.6 Å². The number of hydrogen-bond donors (Lipinski definition) is 6. The fourth-order valence-corrected chi connectivity index (χ4v) is 1.35.